The van der Waals surface area contributed by atoms with Crippen LogP contribution in [0.1, 0.15) is 10.7 Å². The molecule has 0 saturated carbocycles. The van der Waals surface area contributed by atoms with Crippen LogP contribution in [0.2, 0.25) is 0 Å². The molecule has 0 bridgehead atoms. The van der Waals surface area contributed by atoms with Crippen molar-refractivity contribution < 1.29 is 0 Å². The minimum Gasteiger partial charge on any atom is -0.310 e. The van der Waals surface area contributed by atoms with E-state index in [9.17, 15) is 0 Å². The quantitative estimate of drug-likeness (QED) is 0.725. The highest BCUT2D eigenvalue weighted by Gasteiger charge is 2.02. The summed E-state index contributed by atoms with van der Waals surface area (Å²) in [5.41, 5.74) is 2.22. The predicted octanol–water partition coefficient (Wildman–Crippen LogP) is 2.36. The summed E-state index contributed by atoms with van der Waals surface area (Å²) in [7, 11) is 1.94. The molecule has 2 aromatic heterocycles. The van der Waals surface area contributed by atoms with Gasteiger partial charge in [-0.15, -0.1) is 11.3 Å². The highest BCUT2D eigenvalue weighted by molar-refractivity contribution is 7.18. The van der Waals surface area contributed by atoms with Gasteiger partial charge < -0.3 is 5.32 Å². The average Bonchev–Trinajstić information content (AvgIpc) is 3.00. The number of para-hydroxylation sites is 1. The lowest BCUT2D eigenvalue weighted by Crippen LogP contribution is -2.16. The van der Waals surface area contributed by atoms with Gasteiger partial charge >= 0.3 is 0 Å². The zero-order valence-electron chi connectivity index (χ0n) is 10.8. The Morgan fingerprint density at radius 1 is 1.26 bits per heavy atom. The maximum atomic E-state index is 4.60. The SMILES string of the molecule is Cn1ccc(CCNCc2nc3ccccc3s2)n1. The maximum absolute atomic E-state index is 4.60. The Balaban J connectivity index is 1.52. The molecule has 0 atom stereocenters. The number of aryl methyl sites for hydroxylation is 1. The van der Waals surface area contributed by atoms with Crippen LogP contribution in [-0.4, -0.2) is 21.3 Å². The van der Waals surface area contributed by atoms with Crippen LogP contribution in [0.3, 0.4) is 0 Å². The third-order valence-electron chi connectivity index (χ3n) is 2.94. The van der Waals surface area contributed by atoms with E-state index in [-0.39, 0.29) is 0 Å². The van der Waals surface area contributed by atoms with Crippen molar-refractivity contribution in [3.8, 4) is 0 Å². The number of rotatable bonds is 5. The van der Waals surface area contributed by atoms with Gasteiger partial charge in [0.1, 0.15) is 5.01 Å². The lowest BCUT2D eigenvalue weighted by molar-refractivity contribution is 0.664. The third kappa shape index (κ3) is 3.00. The smallest absolute Gasteiger partial charge is 0.108 e. The molecule has 0 aliphatic carbocycles. The summed E-state index contributed by atoms with van der Waals surface area (Å²) in [6, 6.07) is 10.3. The molecule has 5 heteroatoms. The topological polar surface area (TPSA) is 42.7 Å². The van der Waals surface area contributed by atoms with Crippen LogP contribution in [0.25, 0.3) is 10.2 Å². The fraction of sp³-hybridized carbons (Fsp3) is 0.286. The molecule has 0 spiro atoms. The monoisotopic (exact) mass is 272 g/mol. The van der Waals surface area contributed by atoms with Crippen molar-refractivity contribution >= 4 is 21.6 Å². The Morgan fingerprint density at radius 2 is 2.16 bits per heavy atom. The van der Waals surface area contributed by atoms with Gasteiger partial charge in [-0.25, -0.2) is 4.98 Å². The van der Waals surface area contributed by atoms with Crippen molar-refractivity contribution in [1.82, 2.24) is 20.1 Å². The summed E-state index contributed by atoms with van der Waals surface area (Å²) in [6.07, 6.45) is 2.93. The van der Waals surface area contributed by atoms with Gasteiger partial charge in [-0.3, -0.25) is 4.68 Å². The average molecular weight is 272 g/mol. The molecule has 0 amide bonds. The van der Waals surface area contributed by atoms with E-state index in [1.165, 1.54) is 4.70 Å². The second kappa shape index (κ2) is 5.50. The molecule has 0 unspecified atom stereocenters. The highest BCUT2D eigenvalue weighted by atomic mass is 32.1. The number of hydrogen-bond acceptors (Lipinski definition) is 4. The third-order valence-corrected chi connectivity index (χ3v) is 3.98. The van der Waals surface area contributed by atoms with Gasteiger partial charge in [0.25, 0.3) is 0 Å². The number of fused-ring (bicyclic) bond motifs is 1. The fourth-order valence-corrected chi connectivity index (χ4v) is 2.94. The van der Waals surface area contributed by atoms with Crippen LogP contribution in [0.4, 0.5) is 0 Å². The maximum Gasteiger partial charge on any atom is 0.108 e. The summed E-state index contributed by atoms with van der Waals surface area (Å²) in [5, 5.41) is 8.91. The lowest BCUT2D eigenvalue weighted by Gasteiger charge is -1.99. The van der Waals surface area contributed by atoms with Gasteiger partial charge in [0, 0.05) is 32.8 Å². The second-order valence-corrected chi connectivity index (χ2v) is 5.60. The molecule has 3 rings (SSSR count). The Morgan fingerprint density at radius 3 is 2.95 bits per heavy atom. The molecular weight excluding hydrogens is 256 g/mol. The molecule has 0 aliphatic rings. The van der Waals surface area contributed by atoms with E-state index in [2.05, 4.69) is 39.7 Å². The van der Waals surface area contributed by atoms with Crippen molar-refractivity contribution in [1.29, 1.82) is 0 Å². The first-order valence-electron chi connectivity index (χ1n) is 6.35. The van der Waals surface area contributed by atoms with E-state index in [0.29, 0.717) is 0 Å². The zero-order valence-corrected chi connectivity index (χ0v) is 11.7. The standard InChI is InChI=1S/C14H16N4S/c1-18-9-7-11(17-18)6-8-15-10-14-16-12-4-2-3-5-13(12)19-14/h2-5,7,9,15H,6,8,10H2,1H3. The summed E-state index contributed by atoms with van der Waals surface area (Å²) in [5.74, 6) is 0. The van der Waals surface area contributed by atoms with Gasteiger partial charge in [0.2, 0.25) is 0 Å². The van der Waals surface area contributed by atoms with Crippen LogP contribution >= 0.6 is 11.3 Å². The van der Waals surface area contributed by atoms with E-state index in [1.54, 1.807) is 11.3 Å². The minimum atomic E-state index is 0.826. The Kier molecular flexibility index (Phi) is 3.57. The van der Waals surface area contributed by atoms with Gasteiger partial charge in [-0.1, -0.05) is 12.1 Å². The lowest BCUT2D eigenvalue weighted by atomic mass is 10.3. The first-order valence-corrected chi connectivity index (χ1v) is 7.16. The molecule has 3 aromatic rings. The summed E-state index contributed by atoms with van der Waals surface area (Å²) in [6.45, 7) is 1.75. The van der Waals surface area contributed by atoms with Crippen molar-refractivity contribution in [2.24, 2.45) is 7.05 Å². The van der Waals surface area contributed by atoms with Crippen molar-refractivity contribution in [3.05, 3.63) is 47.2 Å². The highest BCUT2D eigenvalue weighted by Crippen LogP contribution is 2.21. The number of nitrogens with zero attached hydrogens (tertiary/aromatic N) is 3. The Labute approximate surface area is 116 Å². The molecular formula is C14H16N4S. The van der Waals surface area contributed by atoms with Crippen LogP contribution in [0, 0.1) is 0 Å². The Bertz CT molecular complexity index is 638. The van der Waals surface area contributed by atoms with E-state index < -0.39 is 0 Å². The number of thiazole rings is 1. The number of benzene rings is 1. The first-order chi connectivity index (χ1) is 9.31. The molecule has 2 heterocycles. The molecule has 0 saturated heterocycles. The molecule has 98 valence electrons. The van der Waals surface area contributed by atoms with Crippen LogP contribution in [0.15, 0.2) is 36.5 Å². The van der Waals surface area contributed by atoms with Gasteiger partial charge in [-0.05, 0) is 18.2 Å². The normalized spacial score (nSPS) is 11.2. The molecule has 1 aromatic carbocycles. The van der Waals surface area contributed by atoms with Crippen LogP contribution < -0.4 is 5.32 Å². The second-order valence-electron chi connectivity index (χ2n) is 4.48. The van der Waals surface area contributed by atoms with E-state index in [0.717, 1.165) is 35.7 Å². The van der Waals surface area contributed by atoms with Crippen molar-refractivity contribution in [2.75, 3.05) is 6.54 Å². The zero-order chi connectivity index (χ0) is 13.1. The van der Waals surface area contributed by atoms with Crippen molar-refractivity contribution in [2.45, 2.75) is 13.0 Å². The van der Waals surface area contributed by atoms with Gasteiger partial charge in [0.05, 0.1) is 15.9 Å². The van der Waals surface area contributed by atoms with Crippen molar-refractivity contribution in [3.63, 3.8) is 0 Å². The van der Waals surface area contributed by atoms with E-state index in [1.807, 2.05) is 24.0 Å². The molecule has 0 aliphatic heterocycles. The molecule has 0 fully saturated rings. The minimum absolute atomic E-state index is 0.826. The largest absolute Gasteiger partial charge is 0.310 e. The fourth-order valence-electron chi connectivity index (χ4n) is 2.00. The van der Waals surface area contributed by atoms with Crippen LogP contribution in [-0.2, 0) is 20.0 Å². The number of nitrogens with one attached hydrogen (secondary N) is 1. The van der Waals surface area contributed by atoms with Crippen LogP contribution in [0.5, 0.6) is 0 Å². The molecule has 19 heavy (non-hydrogen) atoms. The summed E-state index contributed by atoms with van der Waals surface area (Å²) < 4.78 is 3.09. The van der Waals surface area contributed by atoms with E-state index >= 15 is 0 Å². The number of aromatic nitrogens is 3. The molecule has 0 radical (unpaired) electrons. The Hall–Kier alpha value is -1.72. The first kappa shape index (κ1) is 12.3. The molecule has 1 N–H and O–H groups in total. The summed E-state index contributed by atoms with van der Waals surface area (Å²) in [4.78, 5) is 4.60. The van der Waals surface area contributed by atoms with Gasteiger partial charge in [0.15, 0.2) is 0 Å². The predicted molar refractivity (Wildman–Crippen MR) is 78.2 cm³/mol. The van der Waals surface area contributed by atoms with Gasteiger partial charge in [-0.2, -0.15) is 5.10 Å². The van der Waals surface area contributed by atoms with E-state index in [4.69, 9.17) is 0 Å². The number of hydrogen-bond donors (Lipinski definition) is 1. The summed E-state index contributed by atoms with van der Waals surface area (Å²) >= 11 is 1.75. The molecule has 4 nitrogen and oxygen atoms in total.